The van der Waals surface area contributed by atoms with Gasteiger partial charge in [0.2, 0.25) is 6.08 Å². The van der Waals surface area contributed by atoms with Crippen molar-refractivity contribution in [3.8, 4) is 0 Å². The lowest BCUT2D eigenvalue weighted by molar-refractivity contribution is 0.556. The lowest BCUT2D eigenvalue weighted by atomic mass is 10.00. The van der Waals surface area contributed by atoms with E-state index in [1.807, 2.05) is 25.1 Å². The third kappa shape index (κ3) is 1.37. The fourth-order valence-corrected chi connectivity index (χ4v) is 2.24. The van der Waals surface area contributed by atoms with Crippen LogP contribution in [0.5, 0.6) is 0 Å². The molecule has 1 aliphatic rings. The van der Waals surface area contributed by atoms with E-state index in [1.165, 1.54) is 0 Å². The number of carbonyl (C=O) groups excluding carboxylic acids is 1. The molecule has 0 heterocycles. The Morgan fingerprint density at radius 2 is 2.21 bits per heavy atom. The monoisotopic (exact) mass is 207 g/mol. The molecule has 1 fully saturated rings. The first-order valence-corrected chi connectivity index (χ1v) is 4.92. The second-order valence-corrected chi connectivity index (χ2v) is 4.07. The Morgan fingerprint density at radius 3 is 2.71 bits per heavy atom. The van der Waals surface area contributed by atoms with Gasteiger partial charge < -0.3 is 0 Å². The van der Waals surface area contributed by atoms with Gasteiger partial charge in [0, 0.05) is 10.6 Å². The van der Waals surface area contributed by atoms with Crippen LogP contribution in [0.25, 0.3) is 0 Å². The van der Waals surface area contributed by atoms with E-state index in [2.05, 4.69) is 4.99 Å². The molecule has 2 nitrogen and oxygen atoms in total. The summed E-state index contributed by atoms with van der Waals surface area (Å²) in [6.45, 7) is 1.99. The first-order chi connectivity index (χ1) is 6.69. The van der Waals surface area contributed by atoms with Gasteiger partial charge in [-0.1, -0.05) is 23.7 Å². The topological polar surface area (TPSA) is 29.4 Å². The number of hydrogen-bond acceptors (Lipinski definition) is 2. The summed E-state index contributed by atoms with van der Waals surface area (Å²) in [4.78, 5) is 14.2. The van der Waals surface area contributed by atoms with Crippen LogP contribution in [0.3, 0.4) is 0 Å². The predicted octanol–water partition coefficient (Wildman–Crippen LogP) is 2.97. The molecular weight excluding hydrogens is 198 g/mol. The van der Waals surface area contributed by atoms with Gasteiger partial charge in [-0.15, -0.1) is 0 Å². The maximum absolute atomic E-state index is 10.3. The van der Waals surface area contributed by atoms with Crippen LogP contribution < -0.4 is 0 Å². The Labute approximate surface area is 87.6 Å². The molecule has 0 saturated heterocycles. The van der Waals surface area contributed by atoms with Crippen molar-refractivity contribution < 1.29 is 4.79 Å². The summed E-state index contributed by atoms with van der Waals surface area (Å²) in [5, 5.41) is 0.696. The van der Waals surface area contributed by atoms with Crippen molar-refractivity contribution >= 4 is 17.7 Å². The summed E-state index contributed by atoms with van der Waals surface area (Å²) in [6.07, 6.45) is 3.43. The van der Waals surface area contributed by atoms with E-state index >= 15 is 0 Å². The van der Waals surface area contributed by atoms with E-state index in [4.69, 9.17) is 11.6 Å². The number of nitrogens with zero attached hydrogens (tertiary/aromatic N) is 1. The molecule has 72 valence electrons. The number of benzene rings is 1. The average Bonchev–Trinajstić information content (AvgIpc) is 2.86. The standard InChI is InChI=1S/C11H10ClNO/c1-8-3-2-4-9(12)10(8)11(5-6-11)13-7-14/h2-4H,5-6H2,1H3. The number of halogens is 1. The predicted molar refractivity (Wildman–Crippen MR) is 55.2 cm³/mol. The highest BCUT2D eigenvalue weighted by atomic mass is 35.5. The first-order valence-electron chi connectivity index (χ1n) is 4.54. The van der Waals surface area contributed by atoms with Gasteiger partial charge in [0.1, 0.15) is 5.54 Å². The largest absolute Gasteiger partial charge is 0.235 e. The van der Waals surface area contributed by atoms with Gasteiger partial charge in [0.25, 0.3) is 0 Å². The van der Waals surface area contributed by atoms with E-state index in [0.29, 0.717) is 5.02 Å². The van der Waals surface area contributed by atoms with Crippen LogP contribution in [-0.4, -0.2) is 6.08 Å². The van der Waals surface area contributed by atoms with Gasteiger partial charge in [-0.2, -0.15) is 4.99 Å². The van der Waals surface area contributed by atoms with Crippen LogP contribution >= 0.6 is 11.6 Å². The SMILES string of the molecule is Cc1cccc(Cl)c1C1(N=C=O)CC1. The summed E-state index contributed by atoms with van der Waals surface area (Å²) >= 11 is 6.10. The van der Waals surface area contributed by atoms with Gasteiger partial charge in [-0.05, 0) is 31.4 Å². The Kier molecular flexibility index (Phi) is 2.18. The molecule has 0 amide bonds. The Balaban J connectivity index is 2.56. The highest BCUT2D eigenvalue weighted by Crippen LogP contribution is 2.52. The van der Waals surface area contributed by atoms with E-state index < -0.39 is 0 Å². The van der Waals surface area contributed by atoms with Gasteiger partial charge in [0.05, 0.1) is 0 Å². The molecule has 1 aromatic carbocycles. The number of rotatable bonds is 2. The normalized spacial score (nSPS) is 17.3. The summed E-state index contributed by atoms with van der Waals surface area (Å²) in [5.74, 6) is 0. The van der Waals surface area contributed by atoms with Crippen LogP contribution in [0, 0.1) is 6.92 Å². The third-order valence-electron chi connectivity index (χ3n) is 2.67. The number of aryl methyl sites for hydroxylation is 1. The van der Waals surface area contributed by atoms with Crippen molar-refractivity contribution in [2.24, 2.45) is 4.99 Å². The summed E-state index contributed by atoms with van der Waals surface area (Å²) in [7, 11) is 0. The van der Waals surface area contributed by atoms with Gasteiger partial charge >= 0.3 is 0 Å². The van der Waals surface area contributed by atoms with Crippen molar-refractivity contribution in [1.29, 1.82) is 0 Å². The second kappa shape index (κ2) is 3.23. The lowest BCUT2D eigenvalue weighted by Crippen LogP contribution is -2.05. The summed E-state index contributed by atoms with van der Waals surface area (Å²) < 4.78 is 0. The minimum Gasteiger partial charge on any atom is -0.211 e. The van der Waals surface area contributed by atoms with Gasteiger partial charge in [-0.25, -0.2) is 4.79 Å². The van der Waals surface area contributed by atoms with Crippen LogP contribution in [0.1, 0.15) is 24.0 Å². The quantitative estimate of drug-likeness (QED) is 0.542. The zero-order chi connectivity index (χ0) is 10.2. The molecule has 0 radical (unpaired) electrons. The summed E-state index contributed by atoms with van der Waals surface area (Å²) in [5.41, 5.74) is 1.73. The molecule has 0 spiro atoms. The zero-order valence-electron chi connectivity index (χ0n) is 7.88. The maximum atomic E-state index is 10.3. The van der Waals surface area contributed by atoms with E-state index in [-0.39, 0.29) is 5.54 Å². The molecular formula is C11H10ClNO. The van der Waals surface area contributed by atoms with Crippen LogP contribution in [0.15, 0.2) is 23.2 Å². The molecule has 0 bridgehead atoms. The molecule has 0 atom stereocenters. The van der Waals surface area contributed by atoms with Crippen molar-refractivity contribution in [3.05, 3.63) is 34.3 Å². The fraction of sp³-hybridized carbons (Fsp3) is 0.364. The Morgan fingerprint density at radius 1 is 1.50 bits per heavy atom. The highest BCUT2D eigenvalue weighted by molar-refractivity contribution is 6.31. The Bertz CT molecular complexity index is 397. The molecule has 1 aromatic rings. The number of aliphatic imine (C=N–C) groups is 1. The number of hydrogen-bond donors (Lipinski definition) is 0. The highest BCUT2D eigenvalue weighted by Gasteiger charge is 2.46. The first kappa shape index (κ1) is 9.45. The minimum atomic E-state index is -0.357. The minimum absolute atomic E-state index is 0.357. The molecule has 1 saturated carbocycles. The zero-order valence-corrected chi connectivity index (χ0v) is 8.64. The van der Waals surface area contributed by atoms with Gasteiger partial charge in [-0.3, -0.25) is 0 Å². The van der Waals surface area contributed by atoms with Crippen LogP contribution in [0.4, 0.5) is 0 Å². The van der Waals surface area contributed by atoms with Crippen molar-refractivity contribution in [2.75, 3.05) is 0 Å². The molecule has 14 heavy (non-hydrogen) atoms. The molecule has 0 unspecified atom stereocenters. The second-order valence-electron chi connectivity index (χ2n) is 3.67. The van der Waals surface area contributed by atoms with Crippen molar-refractivity contribution in [1.82, 2.24) is 0 Å². The smallest absolute Gasteiger partial charge is 0.211 e. The van der Waals surface area contributed by atoms with Crippen LogP contribution in [-0.2, 0) is 10.3 Å². The lowest BCUT2D eigenvalue weighted by Gasteiger charge is -2.13. The van der Waals surface area contributed by atoms with E-state index in [0.717, 1.165) is 24.0 Å². The van der Waals surface area contributed by atoms with E-state index in [9.17, 15) is 4.79 Å². The van der Waals surface area contributed by atoms with Gasteiger partial charge in [0.15, 0.2) is 0 Å². The van der Waals surface area contributed by atoms with Crippen LogP contribution in [0.2, 0.25) is 5.02 Å². The fourth-order valence-electron chi connectivity index (χ4n) is 1.84. The Hall–Kier alpha value is -1.11. The van der Waals surface area contributed by atoms with Crippen molar-refractivity contribution in [3.63, 3.8) is 0 Å². The van der Waals surface area contributed by atoms with Crippen molar-refractivity contribution in [2.45, 2.75) is 25.3 Å². The third-order valence-corrected chi connectivity index (χ3v) is 2.99. The average molecular weight is 208 g/mol. The molecule has 0 aromatic heterocycles. The van der Waals surface area contributed by atoms with E-state index in [1.54, 1.807) is 6.08 Å². The maximum Gasteiger partial charge on any atom is 0.235 e. The molecule has 3 heteroatoms. The summed E-state index contributed by atoms with van der Waals surface area (Å²) in [6, 6.07) is 5.73. The molecule has 2 rings (SSSR count). The molecule has 0 aliphatic heterocycles. The molecule has 0 N–H and O–H groups in total. The number of isocyanates is 1. The molecule has 1 aliphatic carbocycles.